The number of hydrogen-bond acceptors (Lipinski definition) is 2. The van der Waals surface area contributed by atoms with Gasteiger partial charge >= 0.3 is 5.97 Å². The van der Waals surface area contributed by atoms with Crippen molar-refractivity contribution in [2.45, 2.75) is 71.8 Å². The van der Waals surface area contributed by atoms with Crippen molar-refractivity contribution in [2.75, 3.05) is 0 Å². The van der Waals surface area contributed by atoms with Crippen LogP contribution in [0.2, 0.25) is 0 Å². The molecule has 0 aromatic carbocycles. The first-order valence-corrected chi connectivity index (χ1v) is 7.02. The number of carbonyl (C=O) groups excluding carboxylic acids is 1. The summed E-state index contributed by atoms with van der Waals surface area (Å²) in [6.45, 7) is 8.03. The molecule has 0 amide bonds. The van der Waals surface area contributed by atoms with Gasteiger partial charge in [-0.1, -0.05) is 26.2 Å². The van der Waals surface area contributed by atoms with Crippen LogP contribution in [0.25, 0.3) is 0 Å². The Morgan fingerprint density at radius 2 is 1.76 bits per heavy atom. The lowest BCUT2D eigenvalue weighted by Gasteiger charge is -2.52. The van der Waals surface area contributed by atoms with Crippen LogP contribution < -0.4 is 0 Å². The van der Waals surface area contributed by atoms with Gasteiger partial charge in [-0.25, -0.2) is 0 Å². The summed E-state index contributed by atoms with van der Waals surface area (Å²) in [6.07, 6.45) is 8.02. The predicted octanol–water partition coefficient (Wildman–Crippen LogP) is 3.93. The summed E-state index contributed by atoms with van der Waals surface area (Å²) in [5, 5.41) is 0. The number of hydrogen-bond donors (Lipinski definition) is 0. The van der Waals surface area contributed by atoms with Gasteiger partial charge in [0.05, 0.1) is 0 Å². The fraction of sp³-hybridized carbons (Fsp3) is 0.933. The highest BCUT2D eigenvalue weighted by Crippen LogP contribution is 2.54. The standard InChI is InChI=1S/C15H26O2/c1-11(16)17-14(2,3)15(4)9-12-6-5-7-13(8-12)10-15/h12-13H,5-10H2,1-4H3. The minimum absolute atomic E-state index is 0.146. The molecule has 2 unspecified atom stereocenters. The lowest BCUT2D eigenvalue weighted by molar-refractivity contribution is -0.175. The van der Waals surface area contributed by atoms with Crippen molar-refractivity contribution >= 4 is 5.97 Å². The molecule has 0 aromatic rings. The Kier molecular flexibility index (Phi) is 3.26. The molecular formula is C15H26O2. The first-order valence-electron chi connectivity index (χ1n) is 7.02. The van der Waals surface area contributed by atoms with Crippen LogP contribution in [0.15, 0.2) is 0 Å². The van der Waals surface area contributed by atoms with Gasteiger partial charge in [0.1, 0.15) is 5.60 Å². The van der Waals surface area contributed by atoms with Crippen molar-refractivity contribution in [1.29, 1.82) is 0 Å². The molecule has 98 valence electrons. The van der Waals surface area contributed by atoms with Crippen molar-refractivity contribution in [3.63, 3.8) is 0 Å². The van der Waals surface area contributed by atoms with Crippen LogP contribution in [0.4, 0.5) is 0 Å². The third-order valence-corrected chi connectivity index (χ3v) is 5.22. The van der Waals surface area contributed by atoms with Gasteiger partial charge in [-0.2, -0.15) is 0 Å². The number of fused-ring (bicyclic) bond motifs is 2. The number of carbonyl (C=O) groups is 1. The fourth-order valence-electron chi connectivity index (χ4n) is 4.10. The van der Waals surface area contributed by atoms with Crippen molar-refractivity contribution in [1.82, 2.24) is 0 Å². The van der Waals surface area contributed by atoms with Crippen molar-refractivity contribution in [2.24, 2.45) is 17.3 Å². The first kappa shape index (κ1) is 12.9. The van der Waals surface area contributed by atoms with E-state index in [0.717, 1.165) is 11.8 Å². The van der Waals surface area contributed by atoms with Gasteiger partial charge in [0.25, 0.3) is 0 Å². The van der Waals surface area contributed by atoms with E-state index in [0.29, 0.717) is 0 Å². The Morgan fingerprint density at radius 1 is 1.24 bits per heavy atom. The molecule has 2 saturated carbocycles. The van der Waals surface area contributed by atoms with Gasteiger partial charge in [-0.3, -0.25) is 4.79 Å². The smallest absolute Gasteiger partial charge is 0.303 e. The van der Waals surface area contributed by atoms with Gasteiger partial charge in [-0.05, 0) is 44.9 Å². The third kappa shape index (κ3) is 2.51. The quantitative estimate of drug-likeness (QED) is 0.681. The summed E-state index contributed by atoms with van der Waals surface area (Å²) < 4.78 is 5.61. The van der Waals surface area contributed by atoms with Gasteiger partial charge in [-0.15, -0.1) is 0 Å². The number of ether oxygens (including phenoxy) is 1. The minimum Gasteiger partial charge on any atom is -0.459 e. The molecule has 0 aromatic heterocycles. The van der Waals surface area contributed by atoms with E-state index in [4.69, 9.17) is 4.74 Å². The van der Waals surface area contributed by atoms with Gasteiger partial charge in [0, 0.05) is 12.3 Å². The molecule has 0 saturated heterocycles. The molecular weight excluding hydrogens is 212 g/mol. The van der Waals surface area contributed by atoms with E-state index in [9.17, 15) is 4.79 Å². The topological polar surface area (TPSA) is 26.3 Å². The zero-order valence-corrected chi connectivity index (χ0v) is 11.7. The minimum atomic E-state index is -0.326. The molecule has 0 aliphatic heterocycles. The summed E-state index contributed by atoms with van der Waals surface area (Å²) in [5.41, 5.74) is -0.167. The number of rotatable bonds is 2. The molecule has 0 N–H and O–H groups in total. The van der Waals surface area contributed by atoms with Crippen molar-refractivity contribution in [3.8, 4) is 0 Å². The molecule has 2 bridgehead atoms. The van der Waals surface area contributed by atoms with E-state index in [1.807, 2.05) is 0 Å². The molecule has 2 aliphatic carbocycles. The Morgan fingerprint density at radius 3 is 2.24 bits per heavy atom. The molecule has 2 aliphatic rings. The maximum atomic E-state index is 11.3. The Labute approximate surface area is 105 Å². The second kappa shape index (κ2) is 4.29. The fourth-order valence-corrected chi connectivity index (χ4v) is 4.10. The molecule has 2 atom stereocenters. The second-order valence-electron chi connectivity index (χ2n) is 6.97. The average molecular weight is 238 g/mol. The first-order chi connectivity index (χ1) is 7.82. The van der Waals surface area contributed by atoms with Crippen LogP contribution in [-0.4, -0.2) is 11.6 Å². The SMILES string of the molecule is CC(=O)OC(C)(C)C1(C)CC2CCCC(C2)C1. The van der Waals surface area contributed by atoms with Crippen LogP contribution in [-0.2, 0) is 9.53 Å². The van der Waals surface area contributed by atoms with E-state index in [1.54, 1.807) is 0 Å². The molecule has 17 heavy (non-hydrogen) atoms. The lowest BCUT2D eigenvalue weighted by atomic mass is 9.56. The highest BCUT2D eigenvalue weighted by atomic mass is 16.6. The Balaban J connectivity index is 2.15. The average Bonchev–Trinajstić information content (AvgIpc) is 2.14. The molecule has 2 fully saturated rings. The van der Waals surface area contributed by atoms with Crippen molar-refractivity contribution in [3.05, 3.63) is 0 Å². The zero-order valence-electron chi connectivity index (χ0n) is 11.7. The van der Waals surface area contributed by atoms with E-state index >= 15 is 0 Å². The van der Waals surface area contributed by atoms with Crippen LogP contribution in [0, 0.1) is 17.3 Å². The second-order valence-corrected chi connectivity index (χ2v) is 6.97. The summed E-state index contributed by atoms with van der Waals surface area (Å²) in [6, 6.07) is 0. The summed E-state index contributed by atoms with van der Waals surface area (Å²) in [5.74, 6) is 1.58. The van der Waals surface area contributed by atoms with Crippen LogP contribution in [0.3, 0.4) is 0 Å². The van der Waals surface area contributed by atoms with Gasteiger partial charge in [0.2, 0.25) is 0 Å². The maximum absolute atomic E-state index is 11.3. The number of esters is 1. The normalized spacial score (nSPS) is 37.6. The highest BCUT2D eigenvalue weighted by Gasteiger charge is 2.49. The summed E-state index contributed by atoms with van der Waals surface area (Å²) in [4.78, 5) is 11.3. The molecule has 0 heterocycles. The Hall–Kier alpha value is -0.530. The van der Waals surface area contributed by atoms with Crippen LogP contribution in [0.5, 0.6) is 0 Å². The molecule has 0 radical (unpaired) electrons. The summed E-state index contributed by atoms with van der Waals surface area (Å²) >= 11 is 0. The lowest BCUT2D eigenvalue weighted by Crippen LogP contribution is -2.50. The molecule has 0 spiro atoms. The van der Waals surface area contributed by atoms with E-state index < -0.39 is 0 Å². The largest absolute Gasteiger partial charge is 0.459 e. The zero-order chi connectivity index (χ0) is 12.7. The van der Waals surface area contributed by atoms with E-state index in [1.165, 1.54) is 45.4 Å². The van der Waals surface area contributed by atoms with Gasteiger partial charge in [0.15, 0.2) is 0 Å². The van der Waals surface area contributed by atoms with Gasteiger partial charge < -0.3 is 4.74 Å². The molecule has 2 heteroatoms. The third-order valence-electron chi connectivity index (χ3n) is 5.22. The van der Waals surface area contributed by atoms with Crippen LogP contribution in [0.1, 0.15) is 66.2 Å². The molecule has 2 rings (SSSR count). The predicted molar refractivity (Wildman–Crippen MR) is 68.6 cm³/mol. The highest BCUT2D eigenvalue weighted by molar-refractivity contribution is 5.66. The van der Waals surface area contributed by atoms with Crippen LogP contribution >= 0.6 is 0 Å². The van der Waals surface area contributed by atoms with E-state index in [-0.39, 0.29) is 17.0 Å². The van der Waals surface area contributed by atoms with Crippen molar-refractivity contribution < 1.29 is 9.53 Å². The Bertz CT molecular complexity index is 294. The summed E-state index contributed by atoms with van der Waals surface area (Å²) in [7, 11) is 0. The maximum Gasteiger partial charge on any atom is 0.303 e. The monoisotopic (exact) mass is 238 g/mol. The van der Waals surface area contributed by atoms with E-state index in [2.05, 4.69) is 20.8 Å². The molecule has 2 nitrogen and oxygen atoms in total.